The summed E-state index contributed by atoms with van der Waals surface area (Å²) in [4.78, 5) is 30.1. The standard InChI is InChI=1S/C25H23N3O3/c1-27(2)19-15-13-18(14-16-19)26-23-22(17-9-5-4-6-10-17)24(29)28(25(23)30)20-11-7-8-12-21(20)31-3/h4-16,26H,1-3H3. The van der Waals surface area contributed by atoms with E-state index in [0.29, 0.717) is 22.6 Å². The van der Waals surface area contributed by atoms with Crippen molar-refractivity contribution in [2.45, 2.75) is 0 Å². The van der Waals surface area contributed by atoms with Gasteiger partial charge in [-0.15, -0.1) is 0 Å². The van der Waals surface area contributed by atoms with E-state index in [-0.39, 0.29) is 5.70 Å². The average molecular weight is 413 g/mol. The fourth-order valence-corrected chi connectivity index (χ4v) is 3.54. The summed E-state index contributed by atoms with van der Waals surface area (Å²) in [5.41, 5.74) is 3.40. The van der Waals surface area contributed by atoms with Crippen LogP contribution in [0.25, 0.3) is 5.57 Å². The molecule has 6 nitrogen and oxygen atoms in total. The Hall–Kier alpha value is -4.06. The summed E-state index contributed by atoms with van der Waals surface area (Å²) in [5.74, 6) is -0.369. The molecule has 0 unspecified atom stereocenters. The van der Waals surface area contributed by atoms with Gasteiger partial charge in [-0.3, -0.25) is 9.59 Å². The van der Waals surface area contributed by atoms with Gasteiger partial charge in [-0.2, -0.15) is 0 Å². The maximum atomic E-state index is 13.5. The number of amides is 2. The Bertz CT molecular complexity index is 1150. The maximum absolute atomic E-state index is 13.5. The molecule has 31 heavy (non-hydrogen) atoms. The molecule has 3 aromatic rings. The summed E-state index contributed by atoms with van der Waals surface area (Å²) >= 11 is 0. The third kappa shape index (κ3) is 3.75. The summed E-state index contributed by atoms with van der Waals surface area (Å²) < 4.78 is 5.39. The Morgan fingerprint density at radius 3 is 2.10 bits per heavy atom. The zero-order valence-corrected chi connectivity index (χ0v) is 17.6. The van der Waals surface area contributed by atoms with E-state index in [1.54, 1.807) is 24.3 Å². The number of para-hydroxylation sites is 2. The number of carbonyl (C=O) groups is 2. The van der Waals surface area contributed by atoms with E-state index in [9.17, 15) is 9.59 Å². The fourth-order valence-electron chi connectivity index (χ4n) is 3.54. The third-order valence-corrected chi connectivity index (χ3v) is 5.13. The molecule has 0 aliphatic carbocycles. The highest BCUT2D eigenvalue weighted by Gasteiger charge is 2.41. The van der Waals surface area contributed by atoms with Gasteiger partial charge in [-0.1, -0.05) is 42.5 Å². The predicted octanol–water partition coefficient (Wildman–Crippen LogP) is 4.16. The molecule has 0 atom stereocenters. The van der Waals surface area contributed by atoms with E-state index in [2.05, 4.69) is 5.32 Å². The van der Waals surface area contributed by atoms with Gasteiger partial charge in [0.1, 0.15) is 11.4 Å². The third-order valence-electron chi connectivity index (χ3n) is 5.13. The molecule has 0 fully saturated rings. The quantitative estimate of drug-likeness (QED) is 0.615. The van der Waals surface area contributed by atoms with Gasteiger partial charge in [0.2, 0.25) is 0 Å². The molecule has 156 valence electrons. The lowest BCUT2D eigenvalue weighted by Crippen LogP contribution is -2.32. The van der Waals surface area contributed by atoms with Crippen molar-refractivity contribution in [1.82, 2.24) is 0 Å². The first-order valence-corrected chi connectivity index (χ1v) is 9.87. The number of hydrogen-bond acceptors (Lipinski definition) is 5. The molecule has 1 heterocycles. The molecule has 2 amide bonds. The van der Waals surface area contributed by atoms with E-state index in [1.807, 2.05) is 73.6 Å². The van der Waals surface area contributed by atoms with Crippen molar-refractivity contribution in [2.75, 3.05) is 36.3 Å². The molecule has 0 saturated heterocycles. The molecule has 6 heteroatoms. The highest BCUT2D eigenvalue weighted by Crippen LogP contribution is 2.37. The fraction of sp³-hybridized carbons (Fsp3) is 0.120. The number of nitrogens with one attached hydrogen (secondary N) is 1. The number of nitrogens with zero attached hydrogens (tertiary/aromatic N) is 2. The number of anilines is 3. The lowest BCUT2D eigenvalue weighted by Gasteiger charge is -2.18. The maximum Gasteiger partial charge on any atom is 0.282 e. The van der Waals surface area contributed by atoms with Crippen LogP contribution in [0.4, 0.5) is 17.1 Å². The highest BCUT2D eigenvalue weighted by atomic mass is 16.5. The van der Waals surface area contributed by atoms with Crippen molar-refractivity contribution in [3.05, 3.63) is 90.1 Å². The number of rotatable bonds is 6. The SMILES string of the molecule is COc1ccccc1N1C(=O)C(Nc2ccc(N(C)C)cc2)=C(c2ccccc2)C1=O. The van der Waals surface area contributed by atoms with Gasteiger partial charge >= 0.3 is 0 Å². The van der Waals surface area contributed by atoms with Crippen LogP contribution in [0.1, 0.15) is 5.56 Å². The number of benzene rings is 3. The normalized spacial score (nSPS) is 13.6. The minimum absolute atomic E-state index is 0.236. The van der Waals surface area contributed by atoms with Crippen molar-refractivity contribution in [3.63, 3.8) is 0 Å². The van der Waals surface area contributed by atoms with Gasteiger partial charge in [-0.25, -0.2) is 4.90 Å². The molecular weight excluding hydrogens is 390 g/mol. The molecule has 0 spiro atoms. The van der Waals surface area contributed by atoms with Crippen LogP contribution in [-0.2, 0) is 9.59 Å². The molecular formula is C25H23N3O3. The lowest BCUT2D eigenvalue weighted by atomic mass is 10.0. The van der Waals surface area contributed by atoms with Crippen molar-refractivity contribution in [2.24, 2.45) is 0 Å². The van der Waals surface area contributed by atoms with E-state index in [4.69, 9.17) is 4.74 Å². The van der Waals surface area contributed by atoms with Crippen LogP contribution in [0.2, 0.25) is 0 Å². The van der Waals surface area contributed by atoms with Crippen LogP contribution in [0, 0.1) is 0 Å². The summed E-state index contributed by atoms with van der Waals surface area (Å²) in [6.07, 6.45) is 0. The predicted molar refractivity (Wildman–Crippen MR) is 123 cm³/mol. The van der Waals surface area contributed by atoms with Crippen molar-refractivity contribution < 1.29 is 14.3 Å². The first-order chi connectivity index (χ1) is 15.0. The number of imide groups is 1. The summed E-state index contributed by atoms with van der Waals surface area (Å²) in [6.45, 7) is 0. The second-order valence-corrected chi connectivity index (χ2v) is 7.30. The molecule has 0 aromatic heterocycles. The van der Waals surface area contributed by atoms with Crippen LogP contribution in [0.3, 0.4) is 0 Å². The number of carbonyl (C=O) groups excluding carboxylic acids is 2. The Balaban J connectivity index is 1.79. The Morgan fingerprint density at radius 1 is 0.806 bits per heavy atom. The second kappa shape index (κ2) is 8.36. The Morgan fingerprint density at radius 2 is 1.45 bits per heavy atom. The molecule has 4 rings (SSSR count). The first kappa shape index (κ1) is 20.2. The highest BCUT2D eigenvalue weighted by molar-refractivity contribution is 6.46. The van der Waals surface area contributed by atoms with E-state index in [0.717, 1.165) is 16.3 Å². The van der Waals surface area contributed by atoms with Crippen LogP contribution in [0.15, 0.2) is 84.6 Å². The first-order valence-electron chi connectivity index (χ1n) is 9.87. The van der Waals surface area contributed by atoms with Gasteiger partial charge in [-0.05, 0) is 42.0 Å². The molecule has 1 N–H and O–H groups in total. The van der Waals surface area contributed by atoms with Gasteiger partial charge in [0, 0.05) is 25.5 Å². The smallest absolute Gasteiger partial charge is 0.282 e. The number of ether oxygens (including phenoxy) is 1. The molecule has 0 radical (unpaired) electrons. The van der Waals surface area contributed by atoms with Gasteiger partial charge in [0.05, 0.1) is 18.4 Å². The topological polar surface area (TPSA) is 61.9 Å². The van der Waals surface area contributed by atoms with Gasteiger partial charge in [0.15, 0.2) is 0 Å². The zero-order chi connectivity index (χ0) is 22.0. The Labute approximate surface area is 181 Å². The van der Waals surface area contributed by atoms with Crippen LogP contribution in [-0.4, -0.2) is 33.0 Å². The largest absolute Gasteiger partial charge is 0.495 e. The van der Waals surface area contributed by atoms with Crippen LogP contribution >= 0.6 is 0 Å². The van der Waals surface area contributed by atoms with Gasteiger partial charge < -0.3 is 15.0 Å². The Kier molecular flexibility index (Phi) is 5.45. The van der Waals surface area contributed by atoms with Crippen molar-refractivity contribution in [3.8, 4) is 5.75 Å². The molecule has 1 aliphatic rings. The van der Waals surface area contributed by atoms with Crippen LogP contribution in [0.5, 0.6) is 5.75 Å². The lowest BCUT2D eigenvalue weighted by molar-refractivity contribution is -0.120. The molecule has 0 bridgehead atoms. The molecule has 3 aromatic carbocycles. The number of hydrogen-bond donors (Lipinski definition) is 1. The summed E-state index contributed by atoms with van der Waals surface area (Å²) in [7, 11) is 5.44. The number of methoxy groups -OCH3 is 1. The summed E-state index contributed by atoms with van der Waals surface area (Å²) in [5, 5.41) is 3.18. The summed E-state index contributed by atoms with van der Waals surface area (Å²) in [6, 6.07) is 23.9. The van der Waals surface area contributed by atoms with Crippen molar-refractivity contribution >= 4 is 34.4 Å². The molecule has 0 saturated carbocycles. The zero-order valence-electron chi connectivity index (χ0n) is 17.6. The average Bonchev–Trinajstić information content (AvgIpc) is 3.03. The molecule has 1 aliphatic heterocycles. The van der Waals surface area contributed by atoms with Crippen LogP contribution < -0.4 is 19.9 Å². The van der Waals surface area contributed by atoms with E-state index < -0.39 is 11.8 Å². The van der Waals surface area contributed by atoms with E-state index >= 15 is 0 Å². The minimum atomic E-state index is -0.426. The van der Waals surface area contributed by atoms with Crippen molar-refractivity contribution in [1.29, 1.82) is 0 Å². The second-order valence-electron chi connectivity index (χ2n) is 7.30. The van der Waals surface area contributed by atoms with Gasteiger partial charge in [0.25, 0.3) is 11.8 Å². The monoisotopic (exact) mass is 413 g/mol. The minimum Gasteiger partial charge on any atom is -0.495 e. The van der Waals surface area contributed by atoms with E-state index in [1.165, 1.54) is 7.11 Å².